The monoisotopic (exact) mass is 196 g/mol. The van der Waals surface area contributed by atoms with Crippen molar-refractivity contribution in [1.82, 2.24) is 10.1 Å². The standard InChI is InChI=1S/C10H16N2O2/c1-7(13)5-9-11-8(12-14-9)6-10(2,3)4/h5-6H2,1-4H3. The largest absolute Gasteiger partial charge is 0.339 e. The van der Waals surface area contributed by atoms with Gasteiger partial charge < -0.3 is 4.52 Å². The van der Waals surface area contributed by atoms with Crippen LogP contribution in [0.4, 0.5) is 0 Å². The van der Waals surface area contributed by atoms with E-state index in [2.05, 4.69) is 30.9 Å². The predicted molar refractivity (Wildman–Crippen MR) is 51.8 cm³/mol. The van der Waals surface area contributed by atoms with Crippen LogP contribution in [0.5, 0.6) is 0 Å². The molecule has 0 unspecified atom stereocenters. The van der Waals surface area contributed by atoms with E-state index in [4.69, 9.17) is 4.52 Å². The summed E-state index contributed by atoms with van der Waals surface area (Å²) in [6.45, 7) is 7.82. The minimum absolute atomic E-state index is 0.0379. The third-order valence-electron chi connectivity index (χ3n) is 1.60. The number of Topliss-reactive ketones (excluding diaryl/α,β-unsaturated/α-hetero) is 1. The average molecular weight is 196 g/mol. The highest BCUT2D eigenvalue weighted by molar-refractivity contribution is 5.77. The van der Waals surface area contributed by atoms with E-state index < -0.39 is 0 Å². The molecule has 0 aliphatic rings. The van der Waals surface area contributed by atoms with Crippen molar-refractivity contribution in [2.75, 3.05) is 0 Å². The Morgan fingerprint density at radius 2 is 2.07 bits per heavy atom. The molecule has 4 nitrogen and oxygen atoms in total. The van der Waals surface area contributed by atoms with Crippen molar-refractivity contribution in [3.05, 3.63) is 11.7 Å². The Labute approximate surface area is 83.7 Å². The smallest absolute Gasteiger partial charge is 0.234 e. The Morgan fingerprint density at radius 3 is 2.57 bits per heavy atom. The molecule has 0 amide bonds. The first-order chi connectivity index (χ1) is 6.37. The van der Waals surface area contributed by atoms with Crippen LogP contribution in [0.15, 0.2) is 4.52 Å². The molecule has 0 aliphatic carbocycles. The molecule has 78 valence electrons. The summed E-state index contributed by atoms with van der Waals surface area (Å²) in [7, 11) is 0. The van der Waals surface area contributed by atoms with Crippen LogP contribution in [0.3, 0.4) is 0 Å². The van der Waals surface area contributed by atoms with Gasteiger partial charge in [-0.2, -0.15) is 4.98 Å². The van der Waals surface area contributed by atoms with Gasteiger partial charge in [0.25, 0.3) is 0 Å². The van der Waals surface area contributed by atoms with Crippen LogP contribution in [-0.2, 0) is 17.6 Å². The van der Waals surface area contributed by atoms with Gasteiger partial charge in [-0.15, -0.1) is 0 Å². The Hall–Kier alpha value is -1.19. The second kappa shape index (κ2) is 3.90. The van der Waals surface area contributed by atoms with E-state index in [1.165, 1.54) is 6.92 Å². The molecular formula is C10H16N2O2. The first kappa shape index (κ1) is 10.9. The minimum Gasteiger partial charge on any atom is -0.339 e. The van der Waals surface area contributed by atoms with Gasteiger partial charge >= 0.3 is 0 Å². The van der Waals surface area contributed by atoms with E-state index in [1.54, 1.807) is 0 Å². The number of nitrogens with zero attached hydrogens (tertiary/aromatic N) is 2. The first-order valence-corrected chi connectivity index (χ1v) is 4.68. The van der Waals surface area contributed by atoms with E-state index in [0.717, 1.165) is 6.42 Å². The van der Waals surface area contributed by atoms with E-state index in [9.17, 15) is 4.79 Å². The number of ketones is 1. The number of carbonyl (C=O) groups excluding carboxylic acids is 1. The second-order valence-corrected chi connectivity index (χ2v) is 4.72. The molecule has 1 aromatic rings. The van der Waals surface area contributed by atoms with Gasteiger partial charge in [-0.1, -0.05) is 25.9 Å². The van der Waals surface area contributed by atoms with E-state index in [1.807, 2.05) is 0 Å². The van der Waals surface area contributed by atoms with Crippen molar-refractivity contribution in [1.29, 1.82) is 0 Å². The number of carbonyl (C=O) groups is 1. The van der Waals surface area contributed by atoms with Crippen molar-refractivity contribution in [2.45, 2.75) is 40.5 Å². The Kier molecular flexibility index (Phi) is 3.03. The molecule has 0 atom stereocenters. The maximum atomic E-state index is 10.8. The number of hydrogen-bond acceptors (Lipinski definition) is 4. The molecule has 0 fully saturated rings. The highest BCUT2D eigenvalue weighted by Crippen LogP contribution is 2.18. The van der Waals surface area contributed by atoms with Gasteiger partial charge in [-0.05, 0) is 12.3 Å². The third-order valence-corrected chi connectivity index (χ3v) is 1.60. The summed E-state index contributed by atoms with van der Waals surface area (Å²) in [6, 6.07) is 0. The highest BCUT2D eigenvalue weighted by atomic mass is 16.5. The van der Waals surface area contributed by atoms with Gasteiger partial charge in [0.1, 0.15) is 5.78 Å². The summed E-state index contributed by atoms with van der Waals surface area (Å²) in [6.07, 6.45) is 0.992. The van der Waals surface area contributed by atoms with Gasteiger partial charge in [0.2, 0.25) is 5.89 Å². The van der Waals surface area contributed by atoms with Crippen molar-refractivity contribution < 1.29 is 9.32 Å². The molecule has 0 saturated heterocycles. The Balaban J connectivity index is 2.64. The molecule has 4 heteroatoms. The zero-order valence-corrected chi connectivity index (χ0v) is 9.13. The highest BCUT2D eigenvalue weighted by Gasteiger charge is 2.16. The molecule has 0 aromatic carbocycles. The molecular weight excluding hydrogens is 180 g/mol. The fourth-order valence-electron chi connectivity index (χ4n) is 1.12. The summed E-state index contributed by atoms with van der Waals surface area (Å²) in [4.78, 5) is 14.9. The zero-order chi connectivity index (χ0) is 10.8. The first-order valence-electron chi connectivity index (χ1n) is 4.68. The van der Waals surface area contributed by atoms with E-state index in [-0.39, 0.29) is 17.6 Å². The lowest BCUT2D eigenvalue weighted by molar-refractivity contribution is -0.116. The Morgan fingerprint density at radius 1 is 1.43 bits per heavy atom. The van der Waals surface area contributed by atoms with Gasteiger partial charge in [-0.3, -0.25) is 4.79 Å². The maximum absolute atomic E-state index is 10.8. The summed E-state index contributed by atoms with van der Waals surface area (Å²) in [5, 5.41) is 3.82. The summed E-state index contributed by atoms with van der Waals surface area (Å²) < 4.78 is 4.94. The van der Waals surface area contributed by atoms with Crippen molar-refractivity contribution in [3.8, 4) is 0 Å². The summed E-state index contributed by atoms with van der Waals surface area (Å²) in [5.74, 6) is 1.13. The lowest BCUT2D eigenvalue weighted by Crippen LogP contribution is -2.10. The fourth-order valence-corrected chi connectivity index (χ4v) is 1.12. The van der Waals surface area contributed by atoms with Crippen LogP contribution in [-0.4, -0.2) is 15.9 Å². The quantitative estimate of drug-likeness (QED) is 0.739. The second-order valence-electron chi connectivity index (χ2n) is 4.72. The molecule has 0 N–H and O–H groups in total. The normalized spacial score (nSPS) is 11.7. The molecule has 0 radical (unpaired) electrons. The minimum atomic E-state index is 0.0379. The molecule has 0 saturated carbocycles. The molecule has 1 rings (SSSR count). The SMILES string of the molecule is CC(=O)Cc1nc(CC(C)(C)C)no1. The van der Waals surface area contributed by atoms with Crippen LogP contribution in [0.2, 0.25) is 0 Å². The van der Waals surface area contributed by atoms with E-state index >= 15 is 0 Å². The zero-order valence-electron chi connectivity index (χ0n) is 9.13. The lowest BCUT2D eigenvalue weighted by Gasteiger charge is -2.14. The maximum Gasteiger partial charge on any atom is 0.234 e. The molecule has 0 aliphatic heterocycles. The predicted octanol–water partition coefficient (Wildman–Crippen LogP) is 1.79. The van der Waals surface area contributed by atoms with Crippen LogP contribution in [0.25, 0.3) is 0 Å². The lowest BCUT2D eigenvalue weighted by atomic mass is 9.92. The van der Waals surface area contributed by atoms with Gasteiger partial charge in [0, 0.05) is 6.42 Å². The summed E-state index contributed by atoms with van der Waals surface area (Å²) >= 11 is 0. The average Bonchev–Trinajstić information content (AvgIpc) is 2.30. The topological polar surface area (TPSA) is 56.0 Å². The molecule has 0 bridgehead atoms. The van der Waals surface area contributed by atoms with Crippen LogP contribution in [0, 0.1) is 5.41 Å². The van der Waals surface area contributed by atoms with Gasteiger partial charge in [0.15, 0.2) is 5.82 Å². The van der Waals surface area contributed by atoms with E-state index in [0.29, 0.717) is 11.7 Å². The van der Waals surface area contributed by atoms with Crippen molar-refractivity contribution in [3.63, 3.8) is 0 Å². The molecule has 1 heterocycles. The molecule has 0 spiro atoms. The fraction of sp³-hybridized carbons (Fsp3) is 0.700. The number of hydrogen-bond donors (Lipinski definition) is 0. The number of aromatic nitrogens is 2. The molecule has 1 aromatic heterocycles. The molecule has 14 heavy (non-hydrogen) atoms. The number of rotatable bonds is 3. The van der Waals surface area contributed by atoms with Crippen LogP contribution in [0.1, 0.15) is 39.4 Å². The van der Waals surface area contributed by atoms with Gasteiger partial charge in [0.05, 0.1) is 6.42 Å². The van der Waals surface area contributed by atoms with Crippen molar-refractivity contribution in [2.24, 2.45) is 5.41 Å². The van der Waals surface area contributed by atoms with Gasteiger partial charge in [-0.25, -0.2) is 0 Å². The van der Waals surface area contributed by atoms with Crippen LogP contribution >= 0.6 is 0 Å². The van der Waals surface area contributed by atoms with Crippen LogP contribution < -0.4 is 0 Å². The Bertz CT molecular complexity index is 323. The van der Waals surface area contributed by atoms with Crippen molar-refractivity contribution >= 4 is 5.78 Å². The summed E-state index contributed by atoms with van der Waals surface area (Å²) in [5.41, 5.74) is 0.136. The third kappa shape index (κ3) is 3.68.